The van der Waals surface area contributed by atoms with Crippen molar-refractivity contribution in [1.82, 2.24) is 14.8 Å². The van der Waals surface area contributed by atoms with Gasteiger partial charge in [0.05, 0.1) is 16.1 Å². The van der Waals surface area contributed by atoms with Crippen molar-refractivity contribution in [3.63, 3.8) is 0 Å². The van der Waals surface area contributed by atoms with Gasteiger partial charge in [-0.3, -0.25) is 4.79 Å². The Bertz CT molecular complexity index is 828. The first-order valence-electron chi connectivity index (χ1n) is 9.33. The molecule has 7 heteroatoms. The van der Waals surface area contributed by atoms with Crippen molar-refractivity contribution in [2.24, 2.45) is 5.92 Å². The fraction of sp³-hybridized carbons (Fsp3) is 0.526. The molecule has 0 radical (unpaired) electrons. The van der Waals surface area contributed by atoms with Crippen LogP contribution in [0.3, 0.4) is 0 Å². The minimum absolute atomic E-state index is 0.0272. The first-order valence-corrected chi connectivity index (χ1v) is 10.1. The van der Waals surface area contributed by atoms with Crippen LogP contribution in [0.2, 0.25) is 0 Å². The number of carbonyl (C=O) groups is 2. The van der Waals surface area contributed by atoms with Crippen molar-refractivity contribution >= 4 is 38.6 Å². The Balaban J connectivity index is 1.42. The number of fused-ring (bicyclic) bond motifs is 1. The third-order valence-electron chi connectivity index (χ3n) is 5.29. The summed E-state index contributed by atoms with van der Waals surface area (Å²) in [5, 5.41) is 3.62. The van der Waals surface area contributed by atoms with E-state index in [9.17, 15) is 9.59 Å². The molecule has 6 nitrogen and oxygen atoms in total. The number of rotatable bonds is 2. The van der Waals surface area contributed by atoms with E-state index in [1.165, 1.54) is 11.3 Å². The third-order valence-corrected chi connectivity index (χ3v) is 6.23. The molecule has 1 atom stereocenters. The van der Waals surface area contributed by atoms with Gasteiger partial charge >= 0.3 is 6.03 Å². The number of hydrogen-bond acceptors (Lipinski definition) is 4. The zero-order valence-corrected chi connectivity index (χ0v) is 15.8. The molecule has 2 aromatic rings. The number of thiazole rings is 1. The first kappa shape index (κ1) is 17.3. The molecule has 0 aliphatic carbocycles. The standard InChI is InChI=1S/C19H24N4O2S/c1-13-6-4-8-15-16(13)20-18(26-15)21-17(24)14-7-5-11-23(12-14)19(25)22-9-2-3-10-22/h4,6,8,14H,2-3,5,7,9-12H2,1H3,(H,20,21,24). The Labute approximate surface area is 157 Å². The highest BCUT2D eigenvalue weighted by Crippen LogP contribution is 2.29. The minimum atomic E-state index is -0.164. The highest BCUT2D eigenvalue weighted by molar-refractivity contribution is 7.22. The Morgan fingerprint density at radius 1 is 1.15 bits per heavy atom. The van der Waals surface area contributed by atoms with Crippen LogP contribution in [-0.4, -0.2) is 52.9 Å². The monoisotopic (exact) mass is 372 g/mol. The molecule has 1 unspecified atom stereocenters. The van der Waals surface area contributed by atoms with Crippen molar-refractivity contribution in [3.05, 3.63) is 23.8 Å². The van der Waals surface area contributed by atoms with Gasteiger partial charge in [0.1, 0.15) is 0 Å². The molecule has 3 heterocycles. The number of anilines is 1. The molecule has 2 aliphatic rings. The minimum Gasteiger partial charge on any atom is -0.325 e. The van der Waals surface area contributed by atoms with Crippen LogP contribution < -0.4 is 5.32 Å². The van der Waals surface area contributed by atoms with Gasteiger partial charge in [-0.15, -0.1) is 0 Å². The van der Waals surface area contributed by atoms with Gasteiger partial charge in [0.2, 0.25) is 5.91 Å². The molecule has 4 rings (SSSR count). The van der Waals surface area contributed by atoms with Gasteiger partial charge in [0.15, 0.2) is 5.13 Å². The average Bonchev–Trinajstić information content (AvgIpc) is 3.31. The SMILES string of the molecule is Cc1cccc2sc(NC(=O)C3CCCN(C(=O)N4CCCC4)C3)nc12. The number of nitrogens with one attached hydrogen (secondary N) is 1. The van der Waals surface area contributed by atoms with Crippen molar-refractivity contribution in [1.29, 1.82) is 0 Å². The summed E-state index contributed by atoms with van der Waals surface area (Å²) in [6.45, 7) is 4.97. The second kappa shape index (κ2) is 7.23. The maximum Gasteiger partial charge on any atom is 0.320 e. The maximum atomic E-state index is 12.7. The van der Waals surface area contributed by atoms with E-state index in [1.54, 1.807) is 0 Å². The van der Waals surface area contributed by atoms with E-state index in [4.69, 9.17) is 0 Å². The number of likely N-dealkylation sites (tertiary alicyclic amines) is 2. The van der Waals surface area contributed by atoms with Crippen molar-refractivity contribution in [2.75, 3.05) is 31.5 Å². The number of urea groups is 1. The largest absolute Gasteiger partial charge is 0.325 e. The molecular formula is C19H24N4O2S. The molecule has 138 valence electrons. The third kappa shape index (κ3) is 3.40. The molecule has 0 saturated carbocycles. The van der Waals surface area contributed by atoms with Crippen LogP contribution in [0.4, 0.5) is 9.93 Å². The van der Waals surface area contributed by atoms with Gasteiger partial charge in [-0.25, -0.2) is 9.78 Å². The Morgan fingerprint density at radius 3 is 2.69 bits per heavy atom. The van der Waals surface area contributed by atoms with Gasteiger partial charge in [-0.1, -0.05) is 23.5 Å². The zero-order chi connectivity index (χ0) is 18.1. The lowest BCUT2D eigenvalue weighted by molar-refractivity contribution is -0.121. The van der Waals surface area contributed by atoms with Gasteiger partial charge in [-0.05, 0) is 44.2 Å². The van der Waals surface area contributed by atoms with Crippen molar-refractivity contribution in [3.8, 4) is 0 Å². The highest BCUT2D eigenvalue weighted by atomic mass is 32.1. The van der Waals surface area contributed by atoms with E-state index in [1.807, 2.05) is 34.9 Å². The number of amides is 3. The first-order chi connectivity index (χ1) is 12.6. The molecule has 3 amide bonds. The number of benzene rings is 1. The molecule has 0 spiro atoms. The van der Waals surface area contributed by atoms with E-state index in [-0.39, 0.29) is 17.9 Å². The summed E-state index contributed by atoms with van der Waals surface area (Å²) in [5.41, 5.74) is 2.06. The van der Waals surface area contributed by atoms with Crippen LogP contribution in [0.5, 0.6) is 0 Å². The summed E-state index contributed by atoms with van der Waals surface area (Å²) in [6, 6.07) is 6.14. The van der Waals surface area contributed by atoms with Crippen LogP contribution in [0, 0.1) is 12.8 Å². The molecule has 1 N–H and O–H groups in total. The Kier molecular flexibility index (Phi) is 4.80. The van der Waals surface area contributed by atoms with E-state index < -0.39 is 0 Å². The summed E-state index contributed by atoms with van der Waals surface area (Å²) in [6.07, 6.45) is 3.86. The number of hydrogen-bond donors (Lipinski definition) is 1. The van der Waals surface area contributed by atoms with Gasteiger partial charge in [-0.2, -0.15) is 0 Å². The lowest BCUT2D eigenvalue weighted by Crippen LogP contribution is -2.48. The van der Waals surface area contributed by atoms with Crippen LogP contribution in [0.1, 0.15) is 31.2 Å². The van der Waals surface area contributed by atoms with Crippen molar-refractivity contribution < 1.29 is 9.59 Å². The van der Waals surface area contributed by atoms with E-state index in [0.29, 0.717) is 11.7 Å². The fourth-order valence-corrected chi connectivity index (χ4v) is 4.77. The van der Waals surface area contributed by atoms with Crippen LogP contribution in [0.15, 0.2) is 18.2 Å². The number of piperidine rings is 1. The van der Waals surface area contributed by atoms with Crippen LogP contribution in [0.25, 0.3) is 10.2 Å². The predicted molar refractivity (Wildman–Crippen MR) is 103 cm³/mol. The molecule has 2 fully saturated rings. The summed E-state index contributed by atoms with van der Waals surface area (Å²) >= 11 is 1.50. The second-order valence-electron chi connectivity index (χ2n) is 7.19. The molecule has 26 heavy (non-hydrogen) atoms. The summed E-state index contributed by atoms with van der Waals surface area (Å²) in [5.74, 6) is -0.191. The summed E-state index contributed by atoms with van der Waals surface area (Å²) in [4.78, 5) is 33.6. The quantitative estimate of drug-likeness (QED) is 0.878. The topological polar surface area (TPSA) is 65.5 Å². The maximum absolute atomic E-state index is 12.7. The van der Waals surface area contributed by atoms with Crippen LogP contribution >= 0.6 is 11.3 Å². The number of nitrogens with zero attached hydrogens (tertiary/aromatic N) is 3. The van der Waals surface area contributed by atoms with E-state index in [2.05, 4.69) is 10.3 Å². The van der Waals surface area contributed by atoms with Gasteiger partial charge in [0, 0.05) is 26.2 Å². The lowest BCUT2D eigenvalue weighted by Gasteiger charge is -2.34. The van der Waals surface area contributed by atoms with Crippen LogP contribution in [-0.2, 0) is 4.79 Å². The number of aromatic nitrogens is 1. The molecular weight excluding hydrogens is 348 g/mol. The normalized spacial score (nSPS) is 20.6. The van der Waals surface area contributed by atoms with Gasteiger partial charge in [0.25, 0.3) is 0 Å². The van der Waals surface area contributed by atoms with Gasteiger partial charge < -0.3 is 15.1 Å². The summed E-state index contributed by atoms with van der Waals surface area (Å²) < 4.78 is 1.08. The molecule has 1 aromatic heterocycles. The number of carbonyl (C=O) groups excluding carboxylic acids is 2. The summed E-state index contributed by atoms with van der Waals surface area (Å²) in [7, 11) is 0. The fourth-order valence-electron chi connectivity index (χ4n) is 3.82. The Hall–Kier alpha value is -2.15. The highest BCUT2D eigenvalue weighted by Gasteiger charge is 2.31. The molecule has 1 aromatic carbocycles. The number of aryl methyl sites for hydroxylation is 1. The Morgan fingerprint density at radius 2 is 1.92 bits per heavy atom. The van der Waals surface area contributed by atoms with E-state index in [0.717, 1.165) is 61.1 Å². The lowest BCUT2D eigenvalue weighted by atomic mass is 9.97. The van der Waals surface area contributed by atoms with E-state index >= 15 is 0 Å². The number of para-hydroxylation sites is 1. The molecule has 2 saturated heterocycles. The smallest absolute Gasteiger partial charge is 0.320 e. The molecule has 2 aliphatic heterocycles. The molecule has 0 bridgehead atoms. The second-order valence-corrected chi connectivity index (χ2v) is 8.22. The zero-order valence-electron chi connectivity index (χ0n) is 15.0. The predicted octanol–water partition coefficient (Wildman–Crippen LogP) is 3.47. The average molecular weight is 372 g/mol. The van der Waals surface area contributed by atoms with Crippen molar-refractivity contribution in [2.45, 2.75) is 32.6 Å².